The fraction of sp³-hybridized carbons (Fsp3) is 0.467. The molecule has 116 valence electrons. The van der Waals surface area contributed by atoms with E-state index in [0.29, 0.717) is 12.2 Å². The van der Waals surface area contributed by atoms with Crippen molar-refractivity contribution in [3.8, 4) is 5.75 Å². The maximum absolute atomic E-state index is 12.0. The lowest BCUT2D eigenvalue weighted by Crippen LogP contribution is -2.49. The fourth-order valence-corrected chi connectivity index (χ4v) is 1.99. The van der Waals surface area contributed by atoms with Crippen LogP contribution in [0.15, 0.2) is 28.7 Å². The van der Waals surface area contributed by atoms with E-state index in [9.17, 15) is 9.59 Å². The molecule has 1 rings (SSSR count). The lowest BCUT2D eigenvalue weighted by atomic mass is 9.99. The highest BCUT2D eigenvalue weighted by molar-refractivity contribution is 9.10. The van der Waals surface area contributed by atoms with Crippen LogP contribution in [0.1, 0.15) is 27.2 Å². The maximum Gasteiger partial charge on any atom is 0.326 e. The molecular formula is C15H20BrNO4. The number of rotatable bonds is 7. The average Bonchev–Trinajstić information content (AvgIpc) is 2.45. The van der Waals surface area contributed by atoms with Gasteiger partial charge in [-0.3, -0.25) is 4.79 Å². The third-order valence-corrected chi connectivity index (χ3v) is 3.80. The van der Waals surface area contributed by atoms with Crippen LogP contribution in [0.4, 0.5) is 0 Å². The summed E-state index contributed by atoms with van der Waals surface area (Å²) in [6.07, 6.45) is -0.101. The number of hydrogen-bond acceptors (Lipinski definition) is 3. The maximum atomic E-state index is 12.0. The normalized spacial score (nSPS) is 14.9. The highest BCUT2D eigenvalue weighted by atomic mass is 79.9. The van der Waals surface area contributed by atoms with Crippen molar-refractivity contribution < 1.29 is 19.4 Å². The molecule has 0 saturated carbocycles. The number of hydrogen-bond donors (Lipinski definition) is 2. The van der Waals surface area contributed by atoms with Gasteiger partial charge in [-0.05, 0) is 37.1 Å². The molecule has 21 heavy (non-hydrogen) atoms. The van der Waals surface area contributed by atoms with E-state index in [1.54, 1.807) is 38.1 Å². The van der Waals surface area contributed by atoms with Gasteiger partial charge in [0.25, 0.3) is 5.91 Å². The van der Waals surface area contributed by atoms with Crippen LogP contribution in [0, 0.1) is 5.92 Å². The third-order valence-electron chi connectivity index (χ3n) is 3.27. The first-order chi connectivity index (χ1) is 9.85. The second-order valence-electron chi connectivity index (χ2n) is 4.92. The minimum absolute atomic E-state index is 0.147. The Hall–Kier alpha value is -1.56. The minimum Gasteiger partial charge on any atom is -0.481 e. The monoisotopic (exact) mass is 357 g/mol. The molecule has 1 amide bonds. The molecule has 0 aliphatic carbocycles. The zero-order chi connectivity index (χ0) is 16.0. The van der Waals surface area contributed by atoms with Gasteiger partial charge in [-0.25, -0.2) is 4.79 Å². The summed E-state index contributed by atoms with van der Waals surface area (Å²) in [5.41, 5.74) is 0. The van der Waals surface area contributed by atoms with Crippen molar-refractivity contribution in [1.29, 1.82) is 0 Å². The van der Waals surface area contributed by atoms with Crippen LogP contribution in [-0.4, -0.2) is 29.1 Å². The first-order valence-electron chi connectivity index (χ1n) is 6.80. The smallest absolute Gasteiger partial charge is 0.326 e. The Morgan fingerprint density at radius 3 is 2.33 bits per heavy atom. The molecule has 6 heteroatoms. The SMILES string of the molecule is CC[C@H](C)[C@H](NC(=O)C(C)Oc1ccc(Br)cc1)C(=O)O. The lowest BCUT2D eigenvalue weighted by Gasteiger charge is -2.22. The van der Waals surface area contributed by atoms with E-state index in [-0.39, 0.29) is 5.92 Å². The molecular weight excluding hydrogens is 338 g/mol. The molecule has 0 aromatic heterocycles. The summed E-state index contributed by atoms with van der Waals surface area (Å²) >= 11 is 3.31. The van der Waals surface area contributed by atoms with Crippen molar-refractivity contribution in [2.45, 2.75) is 39.3 Å². The molecule has 0 saturated heterocycles. The van der Waals surface area contributed by atoms with E-state index in [1.807, 2.05) is 6.92 Å². The predicted molar refractivity (Wildman–Crippen MR) is 83.3 cm³/mol. The van der Waals surface area contributed by atoms with E-state index < -0.39 is 24.0 Å². The Bertz CT molecular complexity index is 489. The van der Waals surface area contributed by atoms with Crippen LogP contribution in [0.5, 0.6) is 5.75 Å². The van der Waals surface area contributed by atoms with Crippen LogP contribution in [0.2, 0.25) is 0 Å². The molecule has 0 aliphatic rings. The highest BCUT2D eigenvalue weighted by Crippen LogP contribution is 2.17. The number of aliphatic carboxylic acids is 1. The number of benzene rings is 1. The Labute approximate surface area is 132 Å². The molecule has 0 radical (unpaired) electrons. The number of amides is 1. The van der Waals surface area contributed by atoms with Crippen LogP contribution in [0.25, 0.3) is 0 Å². The van der Waals surface area contributed by atoms with Crippen molar-refractivity contribution in [1.82, 2.24) is 5.32 Å². The van der Waals surface area contributed by atoms with E-state index in [4.69, 9.17) is 9.84 Å². The van der Waals surface area contributed by atoms with Gasteiger partial charge in [-0.2, -0.15) is 0 Å². The van der Waals surface area contributed by atoms with Gasteiger partial charge in [0.1, 0.15) is 11.8 Å². The predicted octanol–water partition coefficient (Wildman–Crippen LogP) is 2.83. The lowest BCUT2D eigenvalue weighted by molar-refractivity contribution is -0.144. The standard InChI is InChI=1S/C15H20BrNO4/c1-4-9(2)13(15(19)20)17-14(18)10(3)21-12-7-5-11(16)6-8-12/h5-10,13H,4H2,1-3H3,(H,17,18)(H,19,20)/t9-,10?,13-/m0/s1. The van der Waals surface area contributed by atoms with Crippen LogP contribution >= 0.6 is 15.9 Å². The number of carboxylic acids is 1. The topological polar surface area (TPSA) is 75.6 Å². The van der Waals surface area contributed by atoms with Crippen LogP contribution < -0.4 is 10.1 Å². The van der Waals surface area contributed by atoms with Crippen LogP contribution in [-0.2, 0) is 9.59 Å². The van der Waals surface area contributed by atoms with Gasteiger partial charge in [-0.1, -0.05) is 36.2 Å². The molecule has 1 aromatic rings. The molecule has 0 heterocycles. The van der Waals surface area contributed by atoms with Crippen molar-refractivity contribution in [3.05, 3.63) is 28.7 Å². The third kappa shape index (κ3) is 5.38. The molecule has 0 fully saturated rings. The molecule has 1 aromatic carbocycles. The Balaban J connectivity index is 2.64. The summed E-state index contributed by atoms with van der Waals surface area (Å²) in [6, 6.07) is 6.17. The van der Waals surface area contributed by atoms with Gasteiger partial charge in [0.2, 0.25) is 0 Å². The molecule has 5 nitrogen and oxygen atoms in total. The van der Waals surface area contributed by atoms with Crippen molar-refractivity contribution in [3.63, 3.8) is 0 Å². The summed E-state index contributed by atoms with van der Waals surface area (Å²) in [5, 5.41) is 11.7. The Morgan fingerprint density at radius 1 is 1.29 bits per heavy atom. The first-order valence-corrected chi connectivity index (χ1v) is 7.59. The van der Waals surface area contributed by atoms with Gasteiger partial charge in [0.05, 0.1) is 0 Å². The van der Waals surface area contributed by atoms with E-state index in [1.165, 1.54) is 0 Å². The first kappa shape index (κ1) is 17.5. The number of carbonyl (C=O) groups is 2. The molecule has 0 aliphatic heterocycles. The zero-order valence-corrected chi connectivity index (χ0v) is 13.9. The summed E-state index contributed by atoms with van der Waals surface area (Å²) < 4.78 is 6.41. The number of halogens is 1. The van der Waals surface area contributed by atoms with Gasteiger partial charge >= 0.3 is 5.97 Å². The van der Waals surface area contributed by atoms with Crippen molar-refractivity contribution in [2.75, 3.05) is 0 Å². The summed E-state index contributed by atoms with van der Waals surface area (Å²) in [4.78, 5) is 23.2. The van der Waals surface area contributed by atoms with E-state index in [0.717, 1.165) is 4.47 Å². The average molecular weight is 358 g/mol. The summed E-state index contributed by atoms with van der Waals surface area (Å²) in [6.45, 7) is 5.26. The minimum atomic E-state index is -1.03. The Kier molecular flexibility index (Phi) is 6.68. The van der Waals surface area contributed by atoms with Gasteiger partial charge in [0.15, 0.2) is 6.10 Å². The second-order valence-corrected chi connectivity index (χ2v) is 5.84. The fourth-order valence-electron chi connectivity index (χ4n) is 1.72. The van der Waals surface area contributed by atoms with E-state index in [2.05, 4.69) is 21.2 Å². The molecule has 1 unspecified atom stereocenters. The van der Waals surface area contributed by atoms with Crippen LogP contribution in [0.3, 0.4) is 0 Å². The van der Waals surface area contributed by atoms with Gasteiger partial charge < -0.3 is 15.2 Å². The summed E-state index contributed by atoms with van der Waals surface area (Å²) in [5.74, 6) is -1.07. The highest BCUT2D eigenvalue weighted by Gasteiger charge is 2.27. The number of nitrogens with one attached hydrogen (secondary N) is 1. The quantitative estimate of drug-likeness (QED) is 0.786. The van der Waals surface area contributed by atoms with Gasteiger partial charge in [-0.15, -0.1) is 0 Å². The second kappa shape index (κ2) is 8.02. The van der Waals surface area contributed by atoms with E-state index >= 15 is 0 Å². The largest absolute Gasteiger partial charge is 0.481 e. The Morgan fingerprint density at radius 2 is 1.86 bits per heavy atom. The summed E-state index contributed by atoms with van der Waals surface area (Å²) in [7, 11) is 0. The number of carbonyl (C=O) groups excluding carboxylic acids is 1. The zero-order valence-electron chi connectivity index (χ0n) is 12.3. The van der Waals surface area contributed by atoms with Crippen molar-refractivity contribution >= 4 is 27.8 Å². The molecule has 0 bridgehead atoms. The van der Waals surface area contributed by atoms with Gasteiger partial charge in [0, 0.05) is 4.47 Å². The molecule has 0 spiro atoms. The number of carboxylic acid groups (broad SMARTS) is 1. The molecule has 3 atom stereocenters. The molecule has 2 N–H and O–H groups in total. The van der Waals surface area contributed by atoms with Crippen molar-refractivity contribution in [2.24, 2.45) is 5.92 Å². The number of ether oxygens (including phenoxy) is 1.